The van der Waals surface area contributed by atoms with Crippen LogP contribution in [0.25, 0.3) is 0 Å². The molecule has 0 aliphatic heterocycles. The molecule has 94 valence electrons. The monoisotopic (exact) mass is 246 g/mol. The Hall–Kier alpha value is -1.30. The lowest BCUT2D eigenvalue weighted by Crippen LogP contribution is -2.29. The van der Waals surface area contributed by atoms with Gasteiger partial charge in [-0.15, -0.1) is 0 Å². The fourth-order valence-corrected chi connectivity index (χ4v) is 2.37. The number of aromatic amines is 1. The molecule has 1 aromatic rings. The van der Waals surface area contributed by atoms with Crippen molar-refractivity contribution in [1.82, 2.24) is 10.3 Å². The van der Waals surface area contributed by atoms with Gasteiger partial charge >= 0.3 is 6.18 Å². The third-order valence-corrected chi connectivity index (χ3v) is 3.09. The van der Waals surface area contributed by atoms with Crippen molar-refractivity contribution in [3.05, 3.63) is 33.2 Å². The predicted molar refractivity (Wildman–Crippen MR) is 56.8 cm³/mol. The van der Waals surface area contributed by atoms with Gasteiger partial charge in [0.2, 0.25) is 5.56 Å². The molecule has 1 aliphatic carbocycles. The van der Waals surface area contributed by atoms with Crippen LogP contribution in [0.4, 0.5) is 13.2 Å². The maximum Gasteiger partial charge on any atom is 0.416 e. The third kappa shape index (κ3) is 2.22. The minimum Gasteiger partial charge on any atom is -0.326 e. The Balaban J connectivity index is 2.66. The fraction of sp³-hybridized carbons (Fsp3) is 0.545. The molecule has 0 radical (unpaired) electrons. The van der Waals surface area contributed by atoms with Crippen molar-refractivity contribution < 1.29 is 13.2 Å². The Kier molecular flexibility index (Phi) is 2.99. The standard InChI is InChI=1S/C11H13F3N2O/c1-15-7-3-2-4-8-10(7)6(11(12,13)14)5-9(17)16-8/h5,7,15H,2-4H2,1H3,(H,16,17). The number of hydrogen-bond acceptors (Lipinski definition) is 2. The maximum atomic E-state index is 12.9. The van der Waals surface area contributed by atoms with Crippen LogP contribution < -0.4 is 10.9 Å². The van der Waals surface area contributed by atoms with E-state index in [0.29, 0.717) is 24.6 Å². The van der Waals surface area contributed by atoms with E-state index in [2.05, 4.69) is 10.3 Å². The summed E-state index contributed by atoms with van der Waals surface area (Å²) in [5.74, 6) is 0. The predicted octanol–water partition coefficient (Wildman–Crippen LogP) is 1.99. The van der Waals surface area contributed by atoms with Crippen molar-refractivity contribution in [3.63, 3.8) is 0 Å². The number of aryl methyl sites for hydroxylation is 1. The SMILES string of the molecule is CNC1CCCc2[nH]c(=O)cc(C(F)(F)F)c21. The molecule has 1 aliphatic rings. The summed E-state index contributed by atoms with van der Waals surface area (Å²) in [6.07, 6.45) is -2.56. The summed E-state index contributed by atoms with van der Waals surface area (Å²) in [6.45, 7) is 0. The van der Waals surface area contributed by atoms with Crippen LogP contribution in [0.2, 0.25) is 0 Å². The Labute approximate surface area is 96.0 Å². The van der Waals surface area contributed by atoms with E-state index < -0.39 is 17.3 Å². The molecule has 1 heterocycles. The molecule has 0 spiro atoms. The van der Waals surface area contributed by atoms with Crippen molar-refractivity contribution in [2.24, 2.45) is 0 Å². The first kappa shape index (κ1) is 12.2. The second kappa shape index (κ2) is 4.18. The number of pyridine rings is 1. The van der Waals surface area contributed by atoms with Gasteiger partial charge in [0.1, 0.15) is 0 Å². The topological polar surface area (TPSA) is 44.9 Å². The van der Waals surface area contributed by atoms with Crippen molar-refractivity contribution in [1.29, 1.82) is 0 Å². The summed E-state index contributed by atoms with van der Waals surface area (Å²) < 4.78 is 38.7. The van der Waals surface area contributed by atoms with Gasteiger partial charge in [-0.25, -0.2) is 0 Å². The van der Waals surface area contributed by atoms with Crippen LogP contribution >= 0.6 is 0 Å². The number of hydrogen-bond donors (Lipinski definition) is 2. The van der Waals surface area contributed by atoms with Crippen LogP contribution in [0.5, 0.6) is 0 Å². The summed E-state index contributed by atoms with van der Waals surface area (Å²) in [7, 11) is 1.63. The Morgan fingerprint density at radius 1 is 1.47 bits per heavy atom. The number of nitrogens with one attached hydrogen (secondary N) is 2. The number of rotatable bonds is 1. The molecule has 1 aromatic heterocycles. The molecule has 0 amide bonds. The fourth-order valence-electron chi connectivity index (χ4n) is 2.37. The summed E-state index contributed by atoms with van der Waals surface area (Å²) in [5.41, 5.74) is -0.885. The zero-order valence-electron chi connectivity index (χ0n) is 9.32. The normalized spacial score (nSPS) is 20.1. The van der Waals surface area contributed by atoms with Crippen LogP contribution in [-0.2, 0) is 12.6 Å². The maximum absolute atomic E-state index is 12.9. The number of fused-ring (bicyclic) bond motifs is 1. The number of aromatic nitrogens is 1. The van der Waals surface area contributed by atoms with Gasteiger partial charge in [0.25, 0.3) is 0 Å². The quantitative estimate of drug-likeness (QED) is 0.796. The largest absolute Gasteiger partial charge is 0.416 e. The smallest absolute Gasteiger partial charge is 0.326 e. The number of H-pyrrole nitrogens is 1. The van der Waals surface area contributed by atoms with Crippen molar-refractivity contribution >= 4 is 0 Å². The summed E-state index contributed by atoms with van der Waals surface area (Å²) in [5, 5.41) is 2.87. The van der Waals surface area contributed by atoms with Gasteiger partial charge in [-0.1, -0.05) is 0 Å². The zero-order valence-corrected chi connectivity index (χ0v) is 9.32. The highest BCUT2D eigenvalue weighted by atomic mass is 19.4. The van der Waals surface area contributed by atoms with Crippen LogP contribution in [0.3, 0.4) is 0 Å². The molecular weight excluding hydrogens is 233 g/mol. The lowest BCUT2D eigenvalue weighted by atomic mass is 9.88. The van der Waals surface area contributed by atoms with Gasteiger partial charge < -0.3 is 10.3 Å². The van der Waals surface area contributed by atoms with E-state index in [1.54, 1.807) is 7.05 Å². The first-order valence-electron chi connectivity index (χ1n) is 5.44. The summed E-state index contributed by atoms with van der Waals surface area (Å²) in [6, 6.07) is 0.307. The van der Waals surface area contributed by atoms with Crippen molar-refractivity contribution in [3.8, 4) is 0 Å². The molecule has 6 heteroatoms. The Bertz CT molecular complexity index is 479. The summed E-state index contributed by atoms with van der Waals surface area (Å²) in [4.78, 5) is 13.7. The molecule has 0 fully saturated rings. The average molecular weight is 246 g/mol. The second-order valence-electron chi connectivity index (χ2n) is 4.17. The van der Waals surface area contributed by atoms with Gasteiger partial charge in [-0.05, 0) is 26.3 Å². The number of halogens is 3. The number of alkyl halides is 3. The van der Waals surface area contributed by atoms with Gasteiger partial charge in [0.05, 0.1) is 5.56 Å². The lowest BCUT2D eigenvalue weighted by Gasteiger charge is -2.27. The van der Waals surface area contributed by atoms with Crippen LogP contribution in [0.1, 0.15) is 35.7 Å². The molecule has 0 aromatic carbocycles. The molecule has 0 saturated heterocycles. The van der Waals surface area contributed by atoms with E-state index in [1.807, 2.05) is 0 Å². The molecule has 1 unspecified atom stereocenters. The van der Waals surface area contributed by atoms with E-state index in [-0.39, 0.29) is 11.6 Å². The van der Waals surface area contributed by atoms with Gasteiger partial charge in [-0.2, -0.15) is 13.2 Å². The summed E-state index contributed by atoms with van der Waals surface area (Å²) >= 11 is 0. The minimum atomic E-state index is -4.48. The first-order valence-corrected chi connectivity index (χ1v) is 5.44. The first-order chi connectivity index (χ1) is 7.93. The molecule has 0 bridgehead atoms. The van der Waals surface area contributed by atoms with E-state index in [0.717, 1.165) is 6.42 Å². The molecular formula is C11H13F3N2O. The highest BCUT2D eigenvalue weighted by molar-refractivity contribution is 5.36. The molecule has 17 heavy (non-hydrogen) atoms. The van der Waals surface area contributed by atoms with Crippen LogP contribution in [0, 0.1) is 0 Å². The second-order valence-corrected chi connectivity index (χ2v) is 4.17. The minimum absolute atomic E-state index is 0.200. The van der Waals surface area contributed by atoms with Crippen LogP contribution in [0.15, 0.2) is 10.9 Å². The van der Waals surface area contributed by atoms with Gasteiger partial charge in [-0.3, -0.25) is 4.79 Å². The Morgan fingerprint density at radius 2 is 2.18 bits per heavy atom. The van der Waals surface area contributed by atoms with Gasteiger partial charge in [0, 0.05) is 23.4 Å². The third-order valence-electron chi connectivity index (χ3n) is 3.09. The van der Waals surface area contributed by atoms with E-state index in [4.69, 9.17) is 0 Å². The van der Waals surface area contributed by atoms with E-state index >= 15 is 0 Å². The van der Waals surface area contributed by atoms with Gasteiger partial charge in [0.15, 0.2) is 0 Å². The molecule has 3 nitrogen and oxygen atoms in total. The molecule has 2 rings (SSSR count). The highest BCUT2D eigenvalue weighted by Gasteiger charge is 2.38. The molecule has 2 N–H and O–H groups in total. The molecule has 0 saturated carbocycles. The van der Waals surface area contributed by atoms with Crippen molar-refractivity contribution in [2.75, 3.05) is 7.05 Å². The lowest BCUT2D eigenvalue weighted by molar-refractivity contribution is -0.138. The Morgan fingerprint density at radius 3 is 2.76 bits per heavy atom. The average Bonchev–Trinajstić information content (AvgIpc) is 2.25. The molecule has 1 atom stereocenters. The van der Waals surface area contributed by atoms with Crippen LogP contribution in [-0.4, -0.2) is 12.0 Å². The van der Waals surface area contributed by atoms with E-state index in [9.17, 15) is 18.0 Å². The van der Waals surface area contributed by atoms with Crippen molar-refractivity contribution in [2.45, 2.75) is 31.5 Å². The van der Waals surface area contributed by atoms with E-state index in [1.165, 1.54) is 0 Å². The highest BCUT2D eigenvalue weighted by Crippen LogP contribution is 2.38. The zero-order chi connectivity index (χ0) is 12.6.